The second-order valence-corrected chi connectivity index (χ2v) is 7.52. The number of likely N-dealkylation sites (tertiary alicyclic amines) is 1. The number of rotatable bonds is 3. The molecule has 2 aromatic heterocycles. The van der Waals surface area contributed by atoms with Crippen molar-refractivity contribution in [3.63, 3.8) is 0 Å². The van der Waals surface area contributed by atoms with Crippen LogP contribution in [0.3, 0.4) is 0 Å². The highest BCUT2D eigenvalue weighted by atomic mass is 35.5. The second kappa shape index (κ2) is 6.57. The summed E-state index contributed by atoms with van der Waals surface area (Å²) in [5.74, 6) is 1.26. The van der Waals surface area contributed by atoms with E-state index in [4.69, 9.17) is 16.0 Å². The smallest absolute Gasteiger partial charge is 0.222 e. The summed E-state index contributed by atoms with van der Waals surface area (Å²) in [6.07, 6.45) is 5.66. The van der Waals surface area contributed by atoms with Crippen molar-refractivity contribution in [2.75, 3.05) is 13.1 Å². The molecule has 0 spiro atoms. The molecule has 0 bridgehead atoms. The van der Waals surface area contributed by atoms with Gasteiger partial charge in [-0.2, -0.15) is 0 Å². The number of oxazole rings is 1. The minimum absolute atomic E-state index is 0.0288. The van der Waals surface area contributed by atoms with Gasteiger partial charge in [0.05, 0.1) is 12.2 Å². The van der Waals surface area contributed by atoms with E-state index in [0.29, 0.717) is 11.2 Å². The van der Waals surface area contributed by atoms with Crippen LogP contribution in [0, 0.1) is 0 Å². The second-order valence-electron chi connectivity index (χ2n) is 7.18. The van der Waals surface area contributed by atoms with Gasteiger partial charge < -0.3 is 4.42 Å². The Morgan fingerprint density at radius 2 is 2.00 bits per heavy atom. The molecule has 124 valence electrons. The fraction of sp³-hybridized carbons (Fsp3) is 0.588. The summed E-state index contributed by atoms with van der Waals surface area (Å²) in [5.41, 5.74) is 2.09. The first-order valence-electron chi connectivity index (χ1n) is 8.07. The van der Waals surface area contributed by atoms with E-state index in [1.807, 2.05) is 6.07 Å². The third kappa shape index (κ3) is 4.09. The summed E-state index contributed by atoms with van der Waals surface area (Å²) >= 11 is 5.89. The maximum absolute atomic E-state index is 5.89. The van der Waals surface area contributed by atoms with Crippen LogP contribution in [0.4, 0.5) is 0 Å². The number of nitrogens with zero attached hydrogens (tertiary/aromatic N) is 4. The molecule has 1 aliphatic rings. The van der Waals surface area contributed by atoms with Gasteiger partial charge >= 0.3 is 0 Å². The lowest BCUT2D eigenvalue weighted by Crippen LogP contribution is -2.32. The summed E-state index contributed by atoms with van der Waals surface area (Å²) in [6, 6.07) is 1.97. The lowest BCUT2D eigenvalue weighted by atomic mass is 9.93. The molecule has 0 unspecified atom stereocenters. The van der Waals surface area contributed by atoms with Gasteiger partial charge in [-0.3, -0.25) is 4.90 Å². The van der Waals surface area contributed by atoms with Gasteiger partial charge in [0.1, 0.15) is 6.26 Å². The van der Waals surface area contributed by atoms with Crippen LogP contribution in [0.15, 0.2) is 22.9 Å². The van der Waals surface area contributed by atoms with Gasteiger partial charge in [-0.15, -0.1) is 0 Å². The Labute approximate surface area is 142 Å². The zero-order chi connectivity index (χ0) is 16.4. The standard InChI is InChI=1S/C17H23ClN4O/c1-17(2,3)14-11-23-15(21-14)10-22-8-5-12(6-9-22)13-4-7-19-16(18)20-13/h4,7,11-12H,5-6,8-10H2,1-3H3. The van der Waals surface area contributed by atoms with Gasteiger partial charge in [-0.25, -0.2) is 15.0 Å². The maximum atomic E-state index is 5.89. The van der Waals surface area contributed by atoms with Gasteiger partial charge in [0, 0.05) is 23.2 Å². The molecule has 0 saturated carbocycles. The highest BCUT2D eigenvalue weighted by molar-refractivity contribution is 6.28. The van der Waals surface area contributed by atoms with Crippen molar-refractivity contribution < 1.29 is 4.42 Å². The van der Waals surface area contributed by atoms with Gasteiger partial charge in [-0.1, -0.05) is 20.8 Å². The van der Waals surface area contributed by atoms with E-state index in [1.54, 1.807) is 12.5 Å². The molecule has 23 heavy (non-hydrogen) atoms. The summed E-state index contributed by atoms with van der Waals surface area (Å²) < 4.78 is 5.63. The molecule has 1 aliphatic heterocycles. The number of piperidine rings is 1. The van der Waals surface area contributed by atoms with Crippen LogP contribution in [0.1, 0.15) is 56.8 Å². The molecule has 1 fully saturated rings. The van der Waals surface area contributed by atoms with Crippen LogP contribution in [0.2, 0.25) is 5.28 Å². The number of halogens is 1. The van der Waals surface area contributed by atoms with Crippen molar-refractivity contribution in [1.29, 1.82) is 0 Å². The quantitative estimate of drug-likeness (QED) is 0.799. The van der Waals surface area contributed by atoms with Gasteiger partial charge in [-0.05, 0) is 43.6 Å². The first-order valence-corrected chi connectivity index (χ1v) is 8.45. The molecule has 0 amide bonds. The van der Waals surface area contributed by atoms with Crippen molar-refractivity contribution in [2.24, 2.45) is 0 Å². The summed E-state index contributed by atoms with van der Waals surface area (Å²) in [6.45, 7) is 9.24. The van der Waals surface area contributed by atoms with E-state index in [9.17, 15) is 0 Å². The largest absolute Gasteiger partial charge is 0.447 e. The lowest BCUT2D eigenvalue weighted by Gasteiger charge is -2.30. The topological polar surface area (TPSA) is 55.1 Å². The third-order valence-corrected chi connectivity index (χ3v) is 4.51. The van der Waals surface area contributed by atoms with Crippen LogP contribution in [0.25, 0.3) is 0 Å². The molecule has 2 aromatic rings. The first kappa shape index (κ1) is 16.4. The molecule has 0 N–H and O–H groups in total. The molecular weight excluding hydrogens is 312 g/mol. The van der Waals surface area contributed by atoms with Gasteiger partial charge in [0.25, 0.3) is 0 Å². The fourth-order valence-corrected chi connectivity index (χ4v) is 3.04. The normalized spacial score (nSPS) is 17.6. The molecule has 3 heterocycles. The van der Waals surface area contributed by atoms with Crippen molar-refractivity contribution in [3.05, 3.63) is 41.1 Å². The SMILES string of the molecule is CC(C)(C)c1coc(CN2CCC(c3ccnc(Cl)n3)CC2)n1. The predicted octanol–water partition coefficient (Wildman–Crippen LogP) is 3.80. The Hall–Kier alpha value is -1.46. The Kier molecular flexibility index (Phi) is 4.69. The molecule has 6 heteroatoms. The van der Waals surface area contributed by atoms with Crippen LogP contribution in [0.5, 0.6) is 0 Å². The van der Waals surface area contributed by atoms with Crippen molar-refractivity contribution in [2.45, 2.75) is 51.5 Å². The molecule has 3 rings (SSSR count). The van der Waals surface area contributed by atoms with Crippen molar-refractivity contribution in [3.8, 4) is 0 Å². The Morgan fingerprint density at radius 1 is 1.26 bits per heavy atom. The predicted molar refractivity (Wildman–Crippen MR) is 89.5 cm³/mol. The summed E-state index contributed by atoms with van der Waals surface area (Å²) in [4.78, 5) is 15.3. The minimum Gasteiger partial charge on any atom is -0.447 e. The average Bonchev–Trinajstić information content (AvgIpc) is 2.97. The molecule has 1 saturated heterocycles. The molecule has 0 radical (unpaired) electrons. The minimum atomic E-state index is 0.0288. The van der Waals surface area contributed by atoms with E-state index in [2.05, 4.69) is 40.6 Å². The zero-order valence-corrected chi connectivity index (χ0v) is 14.7. The zero-order valence-electron chi connectivity index (χ0n) is 13.9. The van der Waals surface area contributed by atoms with E-state index in [1.165, 1.54) is 0 Å². The van der Waals surface area contributed by atoms with E-state index in [-0.39, 0.29) is 5.41 Å². The van der Waals surface area contributed by atoms with Crippen molar-refractivity contribution in [1.82, 2.24) is 19.9 Å². The van der Waals surface area contributed by atoms with Crippen LogP contribution in [-0.4, -0.2) is 32.9 Å². The number of hydrogen-bond acceptors (Lipinski definition) is 5. The van der Waals surface area contributed by atoms with Gasteiger partial charge in [0.2, 0.25) is 11.2 Å². The highest BCUT2D eigenvalue weighted by Crippen LogP contribution is 2.28. The molecule has 0 aliphatic carbocycles. The Balaban J connectivity index is 1.56. The number of aromatic nitrogens is 3. The van der Waals surface area contributed by atoms with E-state index >= 15 is 0 Å². The van der Waals surface area contributed by atoms with Crippen LogP contribution < -0.4 is 0 Å². The highest BCUT2D eigenvalue weighted by Gasteiger charge is 2.24. The fourth-order valence-electron chi connectivity index (χ4n) is 2.88. The number of hydrogen-bond donors (Lipinski definition) is 0. The maximum Gasteiger partial charge on any atom is 0.222 e. The Bertz CT molecular complexity index is 657. The molecule has 0 atom stereocenters. The monoisotopic (exact) mass is 334 g/mol. The summed E-state index contributed by atoms with van der Waals surface area (Å²) in [5, 5.41) is 0.333. The van der Waals surface area contributed by atoms with Crippen molar-refractivity contribution >= 4 is 11.6 Å². The van der Waals surface area contributed by atoms with Gasteiger partial charge in [0.15, 0.2) is 0 Å². The third-order valence-electron chi connectivity index (χ3n) is 4.33. The molecule has 0 aromatic carbocycles. The Morgan fingerprint density at radius 3 is 2.61 bits per heavy atom. The lowest BCUT2D eigenvalue weighted by molar-refractivity contribution is 0.186. The summed E-state index contributed by atoms with van der Waals surface area (Å²) in [7, 11) is 0. The first-order chi connectivity index (χ1) is 10.9. The van der Waals surface area contributed by atoms with E-state index < -0.39 is 0 Å². The molecular formula is C17H23ClN4O. The van der Waals surface area contributed by atoms with E-state index in [0.717, 1.165) is 49.8 Å². The van der Waals surface area contributed by atoms with Crippen LogP contribution in [-0.2, 0) is 12.0 Å². The molecule has 5 nitrogen and oxygen atoms in total. The average molecular weight is 335 g/mol. The van der Waals surface area contributed by atoms with Crippen LogP contribution >= 0.6 is 11.6 Å².